The molecule has 110 valence electrons. The van der Waals surface area contributed by atoms with Crippen molar-refractivity contribution in [3.63, 3.8) is 0 Å². The topological polar surface area (TPSA) is 102 Å². The summed E-state index contributed by atoms with van der Waals surface area (Å²) in [6.07, 6.45) is 4.94. The molecule has 1 fully saturated rings. The number of hydrogen-bond acceptors (Lipinski definition) is 6. The molecule has 2 aromatic rings. The normalized spacial score (nSPS) is 18.1. The zero-order valence-electron chi connectivity index (χ0n) is 11.1. The molecule has 20 heavy (non-hydrogen) atoms. The van der Waals surface area contributed by atoms with Crippen molar-refractivity contribution in [3.8, 4) is 0 Å². The number of thiazole rings is 1. The van der Waals surface area contributed by atoms with Crippen LogP contribution in [0.15, 0.2) is 16.6 Å². The van der Waals surface area contributed by atoms with Crippen LogP contribution < -0.4 is 16.0 Å². The lowest BCUT2D eigenvalue weighted by Crippen LogP contribution is -2.40. The Morgan fingerprint density at radius 3 is 2.90 bits per heavy atom. The standard InChI is InChI=1S/C11H17N5O2S2/c1-11(3-2-4-11)7-13-20(17,18)9-8(15-12)14-10-16(9)5-6-19-10/h5-6,13,15H,2-4,7,12H2,1H3. The number of nitrogens with one attached hydrogen (secondary N) is 2. The zero-order chi connectivity index (χ0) is 14.4. The van der Waals surface area contributed by atoms with Gasteiger partial charge in [0.25, 0.3) is 10.0 Å². The van der Waals surface area contributed by atoms with Gasteiger partial charge in [-0.3, -0.25) is 4.40 Å². The molecule has 0 unspecified atom stereocenters. The highest BCUT2D eigenvalue weighted by Gasteiger charge is 2.34. The molecule has 4 N–H and O–H groups in total. The number of nitrogens with two attached hydrogens (primary N) is 1. The van der Waals surface area contributed by atoms with Gasteiger partial charge in [0.15, 0.2) is 10.8 Å². The maximum atomic E-state index is 12.5. The lowest BCUT2D eigenvalue weighted by atomic mass is 9.71. The summed E-state index contributed by atoms with van der Waals surface area (Å²) in [5, 5.41) is 1.86. The van der Waals surface area contributed by atoms with Crippen LogP contribution in [0.3, 0.4) is 0 Å². The van der Waals surface area contributed by atoms with Crippen molar-refractivity contribution in [3.05, 3.63) is 11.6 Å². The van der Waals surface area contributed by atoms with E-state index in [1.54, 1.807) is 11.6 Å². The molecule has 1 aliphatic rings. The Balaban J connectivity index is 1.93. The van der Waals surface area contributed by atoms with Crippen molar-refractivity contribution in [2.45, 2.75) is 31.2 Å². The summed E-state index contributed by atoms with van der Waals surface area (Å²) in [5.74, 6) is 5.55. The van der Waals surface area contributed by atoms with Crippen molar-refractivity contribution < 1.29 is 8.42 Å². The maximum Gasteiger partial charge on any atom is 0.260 e. The van der Waals surface area contributed by atoms with Crippen LogP contribution in [0.1, 0.15) is 26.2 Å². The molecule has 0 bridgehead atoms. The number of fused-ring (bicyclic) bond motifs is 1. The van der Waals surface area contributed by atoms with Crippen molar-refractivity contribution in [1.29, 1.82) is 0 Å². The number of imidazole rings is 1. The van der Waals surface area contributed by atoms with Gasteiger partial charge in [-0.15, -0.1) is 11.3 Å². The fourth-order valence-electron chi connectivity index (χ4n) is 2.41. The first-order chi connectivity index (χ1) is 9.45. The highest BCUT2D eigenvalue weighted by molar-refractivity contribution is 7.89. The van der Waals surface area contributed by atoms with Crippen LogP contribution in [0.2, 0.25) is 0 Å². The van der Waals surface area contributed by atoms with Gasteiger partial charge in [-0.25, -0.2) is 19.0 Å². The first kappa shape index (κ1) is 13.8. The van der Waals surface area contributed by atoms with E-state index in [0.717, 1.165) is 19.3 Å². The smallest absolute Gasteiger partial charge is 0.260 e. The fraction of sp³-hybridized carbons (Fsp3) is 0.545. The fourth-order valence-corrected chi connectivity index (χ4v) is 4.62. The molecule has 1 saturated carbocycles. The summed E-state index contributed by atoms with van der Waals surface area (Å²) in [4.78, 5) is 4.75. The first-order valence-electron chi connectivity index (χ1n) is 6.37. The lowest BCUT2D eigenvalue weighted by molar-refractivity contribution is 0.166. The molecule has 0 aromatic carbocycles. The van der Waals surface area contributed by atoms with E-state index in [2.05, 4.69) is 22.1 Å². The molecule has 3 rings (SSSR count). The largest absolute Gasteiger partial charge is 0.306 e. The average Bonchev–Trinajstić information content (AvgIpc) is 2.93. The van der Waals surface area contributed by atoms with Gasteiger partial charge < -0.3 is 5.43 Å². The Bertz CT molecular complexity index is 729. The van der Waals surface area contributed by atoms with Gasteiger partial charge in [0, 0.05) is 18.1 Å². The van der Waals surface area contributed by atoms with E-state index in [-0.39, 0.29) is 16.3 Å². The number of nitrogens with zero attached hydrogens (tertiary/aromatic N) is 2. The summed E-state index contributed by atoms with van der Waals surface area (Å²) in [6.45, 7) is 2.54. The van der Waals surface area contributed by atoms with E-state index in [1.165, 1.54) is 15.7 Å². The summed E-state index contributed by atoms with van der Waals surface area (Å²) >= 11 is 1.36. The predicted octanol–water partition coefficient (Wildman–Crippen LogP) is 1.15. The number of rotatable bonds is 5. The third-order valence-corrected chi connectivity index (χ3v) is 6.04. The van der Waals surface area contributed by atoms with Gasteiger partial charge in [-0.05, 0) is 18.3 Å². The van der Waals surface area contributed by atoms with Crippen LogP contribution >= 0.6 is 11.3 Å². The number of aromatic nitrogens is 2. The highest BCUT2D eigenvalue weighted by Crippen LogP contribution is 2.39. The third-order valence-electron chi connectivity index (χ3n) is 3.86. The molecule has 0 atom stereocenters. The Labute approximate surface area is 121 Å². The number of hydrogen-bond donors (Lipinski definition) is 3. The van der Waals surface area contributed by atoms with Gasteiger partial charge >= 0.3 is 0 Å². The van der Waals surface area contributed by atoms with Crippen LogP contribution in [0, 0.1) is 5.41 Å². The molecule has 2 aromatic heterocycles. The molecular formula is C11H17N5O2S2. The van der Waals surface area contributed by atoms with Crippen molar-refractivity contribution in [2.75, 3.05) is 12.0 Å². The summed E-state index contributed by atoms with van der Waals surface area (Å²) < 4.78 is 29.2. The van der Waals surface area contributed by atoms with Crippen LogP contribution in [-0.4, -0.2) is 24.3 Å². The monoisotopic (exact) mass is 315 g/mol. The second-order valence-corrected chi connectivity index (χ2v) is 8.01. The van der Waals surface area contributed by atoms with Crippen LogP contribution in [0.25, 0.3) is 4.96 Å². The first-order valence-corrected chi connectivity index (χ1v) is 8.73. The van der Waals surface area contributed by atoms with Crippen LogP contribution in [0.5, 0.6) is 0 Å². The summed E-state index contributed by atoms with van der Waals surface area (Å²) in [5.41, 5.74) is 2.43. The number of nitrogen functional groups attached to an aromatic ring is 1. The molecule has 0 spiro atoms. The Kier molecular flexibility index (Phi) is 3.24. The SMILES string of the molecule is CC1(CNS(=O)(=O)c2c(NN)nc3sccn23)CCC1. The van der Waals surface area contributed by atoms with Crippen LogP contribution in [-0.2, 0) is 10.0 Å². The Morgan fingerprint density at radius 1 is 1.55 bits per heavy atom. The van der Waals surface area contributed by atoms with Gasteiger partial charge in [-0.1, -0.05) is 13.3 Å². The number of hydrazine groups is 1. The molecule has 7 nitrogen and oxygen atoms in total. The number of sulfonamides is 1. The summed E-state index contributed by atoms with van der Waals surface area (Å²) in [6, 6.07) is 0. The molecular weight excluding hydrogens is 298 g/mol. The molecule has 0 amide bonds. The predicted molar refractivity (Wildman–Crippen MR) is 78.0 cm³/mol. The highest BCUT2D eigenvalue weighted by atomic mass is 32.2. The van der Waals surface area contributed by atoms with E-state index < -0.39 is 10.0 Å². The van der Waals surface area contributed by atoms with Crippen molar-refractivity contribution >= 4 is 32.1 Å². The second kappa shape index (κ2) is 4.69. The molecule has 0 saturated heterocycles. The van der Waals surface area contributed by atoms with Crippen LogP contribution in [0.4, 0.5) is 5.82 Å². The Hall–Kier alpha value is -1.16. The molecule has 9 heteroatoms. The van der Waals surface area contributed by atoms with Gasteiger partial charge in [0.05, 0.1) is 0 Å². The zero-order valence-corrected chi connectivity index (χ0v) is 12.7. The Morgan fingerprint density at radius 2 is 2.30 bits per heavy atom. The van der Waals surface area contributed by atoms with Gasteiger partial charge in [0.1, 0.15) is 0 Å². The summed E-state index contributed by atoms with van der Waals surface area (Å²) in [7, 11) is -3.65. The maximum absolute atomic E-state index is 12.5. The minimum Gasteiger partial charge on any atom is -0.306 e. The van der Waals surface area contributed by atoms with E-state index in [9.17, 15) is 8.42 Å². The van der Waals surface area contributed by atoms with Gasteiger partial charge in [-0.2, -0.15) is 4.98 Å². The quantitative estimate of drug-likeness (QED) is 0.567. The minimum atomic E-state index is -3.65. The van der Waals surface area contributed by atoms with E-state index >= 15 is 0 Å². The van der Waals surface area contributed by atoms with E-state index in [4.69, 9.17) is 5.84 Å². The number of anilines is 1. The van der Waals surface area contributed by atoms with E-state index in [1.807, 2.05) is 0 Å². The van der Waals surface area contributed by atoms with Gasteiger partial charge in [0.2, 0.25) is 5.03 Å². The second-order valence-electron chi connectivity index (χ2n) is 5.45. The van der Waals surface area contributed by atoms with Crippen molar-refractivity contribution in [2.24, 2.45) is 11.3 Å². The minimum absolute atomic E-state index is 0.0687. The molecule has 0 radical (unpaired) electrons. The van der Waals surface area contributed by atoms with Crippen molar-refractivity contribution in [1.82, 2.24) is 14.1 Å². The molecule has 1 aliphatic carbocycles. The molecule has 2 heterocycles. The average molecular weight is 315 g/mol. The third kappa shape index (κ3) is 2.20. The lowest BCUT2D eigenvalue weighted by Gasteiger charge is -2.38. The molecule has 0 aliphatic heterocycles. The van der Waals surface area contributed by atoms with E-state index in [0.29, 0.717) is 11.5 Å².